The van der Waals surface area contributed by atoms with Crippen molar-refractivity contribution in [2.75, 3.05) is 5.32 Å². The van der Waals surface area contributed by atoms with Gasteiger partial charge in [-0.15, -0.1) is 0 Å². The zero-order valence-electron chi connectivity index (χ0n) is 10.6. The third-order valence-corrected chi connectivity index (χ3v) is 4.25. The first kappa shape index (κ1) is 15.0. The second-order valence-corrected chi connectivity index (χ2v) is 6.02. The minimum Gasteiger partial charge on any atom is -0.377 e. The third kappa shape index (κ3) is 3.37. The van der Waals surface area contributed by atoms with Crippen LogP contribution >= 0.6 is 31.9 Å². The molecule has 2 aromatic carbocycles. The van der Waals surface area contributed by atoms with Gasteiger partial charge in [0.05, 0.1) is 10.6 Å². The summed E-state index contributed by atoms with van der Waals surface area (Å²) in [6.07, 6.45) is 0. The van der Waals surface area contributed by atoms with Crippen molar-refractivity contribution in [3.8, 4) is 0 Å². The lowest BCUT2D eigenvalue weighted by molar-refractivity contribution is -0.384. The van der Waals surface area contributed by atoms with Crippen LogP contribution in [0.15, 0.2) is 51.4 Å². The number of para-hydroxylation sites is 1. The van der Waals surface area contributed by atoms with Gasteiger partial charge in [-0.25, -0.2) is 0 Å². The zero-order chi connectivity index (χ0) is 14.7. The highest BCUT2D eigenvalue weighted by Crippen LogP contribution is 2.33. The molecule has 104 valence electrons. The molecule has 0 heterocycles. The largest absolute Gasteiger partial charge is 0.377 e. The molecule has 1 unspecified atom stereocenters. The van der Waals surface area contributed by atoms with Crippen molar-refractivity contribution in [1.29, 1.82) is 0 Å². The fourth-order valence-electron chi connectivity index (χ4n) is 1.82. The normalized spacial score (nSPS) is 11.9. The van der Waals surface area contributed by atoms with E-state index in [-0.39, 0.29) is 11.7 Å². The molecule has 1 N–H and O–H groups in total. The van der Waals surface area contributed by atoms with Crippen LogP contribution in [0.3, 0.4) is 0 Å². The van der Waals surface area contributed by atoms with Crippen molar-refractivity contribution in [3.63, 3.8) is 0 Å². The van der Waals surface area contributed by atoms with Crippen molar-refractivity contribution in [3.05, 3.63) is 67.1 Å². The maximum absolute atomic E-state index is 10.6. The molecular formula is C14H12Br2N2O2. The van der Waals surface area contributed by atoms with Crippen LogP contribution in [0.2, 0.25) is 0 Å². The molecule has 0 bridgehead atoms. The molecule has 1 atom stereocenters. The number of nitro groups is 1. The standard InChI is InChI=1S/C14H12Br2N2O2/c1-9(10-5-7-11(8-6-10)18(19)20)17-14-12(15)3-2-4-13(14)16/h2-9,17H,1H3. The molecule has 0 saturated heterocycles. The van der Waals surface area contributed by atoms with Crippen LogP contribution < -0.4 is 5.32 Å². The topological polar surface area (TPSA) is 55.2 Å². The summed E-state index contributed by atoms with van der Waals surface area (Å²) in [5.41, 5.74) is 2.04. The summed E-state index contributed by atoms with van der Waals surface area (Å²) < 4.78 is 1.92. The number of nitro benzene ring substituents is 1. The van der Waals surface area contributed by atoms with E-state index in [1.54, 1.807) is 12.1 Å². The summed E-state index contributed by atoms with van der Waals surface area (Å²) in [7, 11) is 0. The lowest BCUT2D eigenvalue weighted by atomic mass is 10.1. The van der Waals surface area contributed by atoms with Gasteiger partial charge in [-0.3, -0.25) is 10.1 Å². The molecule has 0 aliphatic rings. The molecule has 0 aromatic heterocycles. The molecule has 4 nitrogen and oxygen atoms in total. The highest BCUT2D eigenvalue weighted by atomic mass is 79.9. The second kappa shape index (κ2) is 6.37. The first-order valence-electron chi connectivity index (χ1n) is 5.94. The summed E-state index contributed by atoms with van der Waals surface area (Å²) in [5.74, 6) is 0. The molecular weight excluding hydrogens is 388 g/mol. The lowest BCUT2D eigenvalue weighted by Crippen LogP contribution is -2.07. The Morgan fingerprint density at radius 3 is 2.15 bits per heavy atom. The van der Waals surface area contributed by atoms with Crippen molar-refractivity contribution < 1.29 is 4.92 Å². The summed E-state index contributed by atoms with van der Waals surface area (Å²) in [4.78, 5) is 10.2. The van der Waals surface area contributed by atoms with E-state index in [1.807, 2.05) is 25.1 Å². The Kier molecular flexibility index (Phi) is 4.77. The lowest BCUT2D eigenvalue weighted by Gasteiger charge is -2.18. The average molecular weight is 400 g/mol. The van der Waals surface area contributed by atoms with Crippen LogP contribution in [0, 0.1) is 10.1 Å². The zero-order valence-corrected chi connectivity index (χ0v) is 13.8. The molecule has 6 heteroatoms. The van der Waals surface area contributed by atoms with Gasteiger partial charge in [0.2, 0.25) is 0 Å². The number of rotatable bonds is 4. The maximum atomic E-state index is 10.6. The number of anilines is 1. The molecule has 0 aliphatic carbocycles. The van der Waals surface area contributed by atoms with Gasteiger partial charge in [-0.2, -0.15) is 0 Å². The monoisotopic (exact) mass is 398 g/mol. The molecule has 0 radical (unpaired) electrons. The van der Waals surface area contributed by atoms with E-state index >= 15 is 0 Å². The van der Waals surface area contributed by atoms with E-state index < -0.39 is 4.92 Å². The first-order valence-corrected chi connectivity index (χ1v) is 7.52. The molecule has 2 rings (SSSR count). The van der Waals surface area contributed by atoms with Crippen molar-refractivity contribution in [1.82, 2.24) is 0 Å². The molecule has 0 amide bonds. The number of benzene rings is 2. The molecule has 0 aliphatic heterocycles. The highest BCUT2D eigenvalue weighted by Gasteiger charge is 2.11. The molecule has 20 heavy (non-hydrogen) atoms. The summed E-state index contributed by atoms with van der Waals surface area (Å²) in [5, 5.41) is 14.0. The molecule has 2 aromatic rings. The summed E-state index contributed by atoms with van der Waals surface area (Å²) in [6, 6.07) is 12.4. The Morgan fingerprint density at radius 2 is 1.65 bits per heavy atom. The van der Waals surface area contributed by atoms with E-state index in [4.69, 9.17) is 0 Å². The maximum Gasteiger partial charge on any atom is 0.269 e. The fourth-order valence-corrected chi connectivity index (χ4v) is 3.05. The number of nitrogens with one attached hydrogen (secondary N) is 1. The predicted octanol–water partition coefficient (Wildman–Crippen LogP) is 5.29. The summed E-state index contributed by atoms with van der Waals surface area (Å²) in [6.45, 7) is 2.01. The number of nitrogens with zero attached hydrogens (tertiary/aromatic N) is 1. The molecule has 0 spiro atoms. The van der Waals surface area contributed by atoms with Crippen LogP contribution in [0.4, 0.5) is 11.4 Å². The Labute approximate surface area is 133 Å². The number of non-ortho nitro benzene ring substituents is 1. The van der Waals surface area contributed by atoms with Gasteiger partial charge >= 0.3 is 0 Å². The van der Waals surface area contributed by atoms with Gasteiger partial charge in [0.1, 0.15) is 0 Å². The Bertz CT molecular complexity index is 609. The predicted molar refractivity (Wildman–Crippen MR) is 87.0 cm³/mol. The van der Waals surface area contributed by atoms with Gasteiger partial charge in [-0.1, -0.05) is 18.2 Å². The van der Waals surface area contributed by atoms with Gasteiger partial charge in [0.15, 0.2) is 0 Å². The average Bonchev–Trinajstić information content (AvgIpc) is 2.43. The van der Waals surface area contributed by atoms with Crippen LogP contribution in [0.1, 0.15) is 18.5 Å². The van der Waals surface area contributed by atoms with E-state index in [1.165, 1.54) is 12.1 Å². The minimum absolute atomic E-state index is 0.0332. The van der Waals surface area contributed by atoms with Crippen molar-refractivity contribution in [2.45, 2.75) is 13.0 Å². The van der Waals surface area contributed by atoms with E-state index in [9.17, 15) is 10.1 Å². The fraction of sp³-hybridized carbons (Fsp3) is 0.143. The van der Waals surface area contributed by atoms with Crippen molar-refractivity contribution in [2.24, 2.45) is 0 Å². The van der Waals surface area contributed by atoms with Gasteiger partial charge in [-0.05, 0) is 56.5 Å². The number of halogens is 2. The van der Waals surface area contributed by atoms with Crippen LogP contribution in [-0.2, 0) is 0 Å². The second-order valence-electron chi connectivity index (χ2n) is 4.31. The van der Waals surface area contributed by atoms with Crippen LogP contribution in [0.25, 0.3) is 0 Å². The molecule has 0 saturated carbocycles. The SMILES string of the molecule is CC(Nc1c(Br)cccc1Br)c1ccc([N+](=O)[O-])cc1. The highest BCUT2D eigenvalue weighted by molar-refractivity contribution is 9.11. The van der Waals surface area contributed by atoms with E-state index in [2.05, 4.69) is 37.2 Å². The Hall–Kier alpha value is -1.40. The van der Waals surface area contributed by atoms with Crippen molar-refractivity contribution >= 4 is 43.2 Å². The Balaban J connectivity index is 2.19. The van der Waals surface area contributed by atoms with Gasteiger partial charge in [0, 0.05) is 27.1 Å². The van der Waals surface area contributed by atoms with E-state index in [0.29, 0.717) is 0 Å². The third-order valence-electron chi connectivity index (χ3n) is 2.93. The number of hydrogen-bond acceptors (Lipinski definition) is 3. The minimum atomic E-state index is -0.397. The summed E-state index contributed by atoms with van der Waals surface area (Å²) >= 11 is 6.99. The van der Waals surface area contributed by atoms with Gasteiger partial charge in [0.25, 0.3) is 5.69 Å². The van der Waals surface area contributed by atoms with E-state index in [0.717, 1.165) is 20.2 Å². The van der Waals surface area contributed by atoms with Crippen LogP contribution in [-0.4, -0.2) is 4.92 Å². The quantitative estimate of drug-likeness (QED) is 0.561. The van der Waals surface area contributed by atoms with Gasteiger partial charge < -0.3 is 5.32 Å². The van der Waals surface area contributed by atoms with Crippen LogP contribution in [0.5, 0.6) is 0 Å². The number of hydrogen-bond donors (Lipinski definition) is 1. The molecule has 0 fully saturated rings. The first-order chi connectivity index (χ1) is 9.49. The smallest absolute Gasteiger partial charge is 0.269 e. The Morgan fingerprint density at radius 1 is 1.10 bits per heavy atom.